The molecule has 0 aliphatic carbocycles. The van der Waals surface area contributed by atoms with Crippen molar-refractivity contribution in [2.45, 2.75) is 19.9 Å². The maximum atomic E-state index is 12.5. The second-order valence-electron chi connectivity index (χ2n) is 5.39. The minimum atomic E-state index is -0.651. The van der Waals surface area contributed by atoms with Gasteiger partial charge in [0.05, 0.1) is 12.7 Å². The van der Waals surface area contributed by atoms with E-state index in [9.17, 15) is 9.59 Å². The Bertz CT molecular complexity index is 673. The van der Waals surface area contributed by atoms with E-state index in [2.05, 4.69) is 5.32 Å². The molecule has 1 heterocycles. The molecular weight excluding hydrogens is 268 g/mol. The van der Waals surface area contributed by atoms with Gasteiger partial charge < -0.3 is 14.6 Å². The van der Waals surface area contributed by atoms with E-state index < -0.39 is 12.0 Å². The van der Waals surface area contributed by atoms with E-state index in [1.165, 1.54) is 7.11 Å². The zero-order valence-electron chi connectivity index (χ0n) is 12.7. The molecule has 0 spiro atoms. The molecule has 0 aliphatic rings. The number of para-hydroxylation sites is 1. The lowest BCUT2D eigenvalue weighted by atomic mass is 10.0. The normalized spacial score (nSPS) is 12.4. The van der Waals surface area contributed by atoms with E-state index >= 15 is 0 Å². The molecule has 5 nitrogen and oxygen atoms in total. The Kier molecular flexibility index (Phi) is 4.31. The van der Waals surface area contributed by atoms with Crippen LogP contribution in [0.15, 0.2) is 30.5 Å². The van der Waals surface area contributed by atoms with Gasteiger partial charge in [-0.15, -0.1) is 0 Å². The Labute approximate surface area is 123 Å². The summed E-state index contributed by atoms with van der Waals surface area (Å²) in [6, 6.07) is 7.01. The number of hydrogen-bond acceptors (Lipinski definition) is 3. The predicted molar refractivity (Wildman–Crippen MR) is 81.0 cm³/mol. The number of aryl methyl sites for hydroxylation is 1. The standard InChI is InChI=1S/C16H20N2O3/c1-10(2)14(16(20)21-4)17-15(19)12-9-18(3)13-8-6-5-7-11(12)13/h5-10,14H,1-4H3,(H,17,19)/t14-/m0/s1. The Hall–Kier alpha value is -2.30. The van der Waals surface area contributed by atoms with Crippen LogP contribution in [0.4, 0.5) is 0 Å². The predicted octanol–water partition coefficient (Wildman–Crippen LogP) is 2.11. The molecular formula is C16H20N2O3. The molecule has 0 aliphatic heterocycles. The monoisotopic (exact) mass is 288 g/mol. The largest absolute Gasteiger partial charge is 0.467 e. The van der Waals surface area contributed by atoms with Crippen LogP contribution in [-0.4, -0.2) is 29.6 Å². The minimum absolute atomic E-state index is 0.0450. The number of rotatable bonds is 4. The molecule has 0 saturated heterocycles. The summed E-state index contributed by atoms with van der Waals surface area (Å²) >= 11 is 0. The molecule has 112 valence electrons. The van der Waals surface area contributed by atoms with E-state index in [1.54, 1.807) is 6.20 Å². The van der Waals surface area contributed by atoms with Crippen LogP contribution >= 0.6 is 0 Å². The van der Waals surface area contributed by atoms with Crippen LogP contribution in [0.3, 0.4) is 0 Å². The van der Waals surface area contributed by atoms with Crippen molar-refractivity contribution in [2.75, 3.05) is 7.11 Å². The summed E-state index contributed by atoms with van der Waals surface area (Å²) < 4.78 is 6.64. The van der Waals surface area contributed by atoms with Crippen molar-refractivity contribution in [3.05, 3.63) is 36.0 Å². The number of aromatic nitrogens is 1. The van der Waals surface area contributed by atoms with Gasteiger partial charge in [-0.3, -0.25) is 4.79 Å². The molecule has 5 heteroatoms. The third-order valence-corrected chi connectivity index (χ3v) is 3.55. The number of carbonyl (C=O) groups excluding carboxylic acids is 2. The molecule has 21 heavy (non-hydrogen) atoms. The Morgan fingerprint density at radius 2 is 1.90 bits per heavy atom. The van der Waals surface area contributed by atoms with E-state index in [0.29, 0.717) is 5.56 Å². The third-order valence-electron chi connectivity index (χ3n) is 3.55. The van der Waals surface area contributed by atoms with Gasteiger partial charge in [-0.2, -0.15) is 0 Å². The summed E-state index contributed by atoms with van der Waals surface area (Å²) in [5.74, 6) is -0.745. The van der Waals surface area contributed by atoms with Crippen LogP contribution < -0.4 is 5.32 Å². The minimum Gasteiger partial charge on any atom is -0.467 e. The van der Waals surface area contributed by atoms with Crippen molar-refractivity contribution in [3.8, 4) is 0 Å². The van der Waals surface area contributed by atoms with Gasteiger partial charge in [0.2, 0.25) is 0 Å². The first-order valence-corrected chi connectivity index (χ1v) is 6.88. The summed E-state index contributed by atoms with van der Waals surface area (Å²) in [7, 11) is 3.21. The van der Waals surface area contributed by atoms with Crippen LogP contribution in [0, 0.1) is 5.92 Å². The molecule has 1 amide bonds. The van der Waals surface area contributed by atoms with Crippen molar-refractivity contribution < 1.29 is 14.3 Å². The fraction of sp³-hybridized carbons (Fsp3) is 0.375. The first kappa shape index (κ1) is 15.1. The van der Waals surface area contributed by atoms with Crippen molar-refractivity contribution in [3.63, 3.8) is 0 Å². The molecule has 0 radical (unpaired) electrons. The quantitative estimate of drug-likeness (QED) is 0.877. The maximum absolute atomic E-state index is 12.5. The SMILES string of the molecule is COC(=O)[C@@H](NC(=O)c1cn(C)c2ccccc12)C(C)C. The number of amides is 1. The van der Waals surface area contributed by atoms with Gasteiger partial charge in [0.1, 0.15) is 6.04 Å². The van der Waals surface area contributed by atoms with Gasteiger partial charge >= 0.3 is 5.97 Å². The maximum Gasteiger partial charge on any atom is 0.328 e. The second-order valence-corrected chi connectivity index (χ2v) is 5.39. The number of esters is 1. The summed E-state index contributed by atoms with van der Waals surface area (Å²) in [4.78, 5) is 24.2. The van der Waals surface area contributed by atoms with Crippen LogP contribution in [0.25, 0.3) is 10.9 Å². The van der Waals surface area contributed by atoms with Crippen molar-refractivity contribution in [1.82, 2.24) is 9.88 Å². The van der Waals surface area contributed by atoms with Gasteiger partial charge in [-0.1, -0.05) is 32.0 Å². The molecule has 1 atom stereocenters. The topological polar surface area (TPSA) is 60.3 Å². The van der Waals surface area contributed by atoms with E-state index in [4.69, 9.17) is 4.74 Å². The highest BCUT2D eigenvalue weighted by Gasteiger charge is 2.26. The summed E-state index contributed by atoms with van der Waals surface area (Å²) in [5, 5.41) is 3.63. The third kappa shape index (κ3) is 2.91. The lowest BCUT2D eigenvalue weighted by Gasteiger charge is -2.19. The van der Waals surface area contributed by atoms with Crippen molar-refractivity contribution >= 4 is 22.8 Å². The highest BCUT2D eigenvalue weighted by Crippen LogP contribution is 2.20. The van der Waals surface area contributed by atoms with Crippen LogP contribution in [0.5, 0.6) is 0 Å². The smallest absolute Gasteiger partial charge is 0.328 e. The van der Waals surface area contributed by atoms with Gasteiger partial charge in [0.25, 0.3) is 5.91 Å². The van der Waals surface area contributed by atoms with Crippen LogP contribution in [-0.2, 0) is 16.6 Å². The van der Waals surface area contributed by atoms with Crippen molar-refractivity contribution in [1.29, 1.82) is 0 Å². The van der Waals surface area contributed by atoms with Crippen molar-refractivity contribution in [2.24, 2.45) is 13.0 Å². The average Bonchev–Trinajstić information content (AvgIpc) is 2.81. The average molecular weight is 288 g/mol. The number of hydrogen-bond donors (Lipinski definition) is 1. The lowest BCUT2D eigenvalue weighted by Crippen LogP contribution is -2.45. The summed E-state index contributed by atoms with van der Waals surface area (Å²) in [5.41, 5.74) is 1.53. The molecule has 0 fully saturated rings. The number of benzene rings is 1. The zero-order valence-corrected chi connectivity index (χ0v) is 12.7. The van der Waals surface area contributed by atoms with Crippen LogP contribution in [0.2, 0.25) is 0 Å². The first-order valence-electron chi connectivity index (χ1n) is 6.88. The number of nitrogens with zero attached hydrogens (tertiary/aromatic N) is 1. The first-order chi connectivity index (χ1) is 9.95. The Morgan fingerprint density at radius 3 is 2.52 bits per heavy atom. The second kappa shape index (κ2) is 5.99. The van der Waals surface area contributed by atoms with E-state index in [-0.39, 0.29) is 11.8 Å². The molecule has 0 bridgehead atoms. The number of fused-ring (bicyclic) bond motifs is 1. The number of ether oxygens (including phenoxy) is 1. The number of carbonyl (C=O) groups is 2. The molecule has 1 N–H and O–H groups in total. The zero-order chi connectivity index (χ0) is 15.6. The van der Waals surface area contributed by atoms with Gasteiger partial charge in [0.15, 0.2) is 0 Å². The summed E-state index contributed by atoms with van der Waals surface area (Å²) in [6.07, 6.45) is 1.77. The fourth-order valence-electron chi connectivity index (χ4n) is 2.37. The highest BCUT2D eigenvalue weighted by molar-refractivity contribution is 6.07. The lowest BCUT2D eigenvalue weighted by molar-refractivity contribution is -0.144. The molecule has 0 unspecified atom stereocenters. The molecule has 1 aromatic carbocycles. The number of nitrogens with one attached hydrogen (secondary N) is 1. The van der Waals surface area contributed by atoms with Crippen LogP contribution in [0.1, 0.15) is 24.2 Å². The van der Waals surface area contributed by atoms with Gasteiger partial charge in [-0.05, 0) is 12.0 Å². The molecule has 0 saturated carbocycles. The molecule has 1 aromatic heterocycles. The fourth-order valence-corrected chi connectivity index (χ4v) is 2.37. The van der Waals surface area contributed by atoms with E-state index in [0.717, 1.165) is 10.9 Å². The van der Waals surface area contributed by atoms with Gasteiger partial charge in [-0.25, -0.2) is 4.79 Å². The Balaban J connectivity index is 2.32. The van der Waals surface area contributed by atoms with E-state index in [1.807, 2.05) is 49.7 Å². The molecule has 2 aromatic rings. The Morgan fingerprint density at radius 1 is 1.24 bits per heavy atom. The highest BCUT2D eigenvalue weighted by atomic mass is 16.5. The molecule has 2 rings (SSSR count). The summed E-state index contributed by atoms with van der Waals surface area (Å²) in [6.45, 7) is 3.73. The van der Waals surface area contributed by atoms with Gasteiger partial charge in [0, 0.05) is 24.1 Å². The number of methoxy groups -OCH3 is 1.